The fourth-order valence-corrected chi connectivity index (χ4v) is 6.37. The van der Waals surface area contributed by atoms with Gasteiger partial charge in [-0.25, -0.2) is 0 Å². The molecule has 0 amide bonds. The van der Waals surface area contributed by atoms with Gasteiger partial charge in [0.05, 0.1) is 11.2 Å². The van der Waals surface area contributed by atoms with Gasteiger partial charge in [0.1, 0.15) is 0 Å². The zero-order chi connectivity index (χ0) is 26.9. The van der Waals surface area contributed by atoms with Gasteiger partial charge in [-0.3, -0.25) is 0 Å². The van der Waals surface area contributed by atoms with Crippen LogP contribution in [0.15, 0.2) is 54.6 Å². The van der Waals surface area contributed by atoms with Crippen LogP contribution in [0.5, 0.6) is 0 Å². The lowest BCUT2D eigenvalue weighted by atomic mass is 9.75. The average molecular weight is 512 g/mol. The van der Waals surface area contributed by atoms with Gasteiger partial charge in [0, 0.05) is 19.0 Å². The summed E-state index contributed by atoms with van der Waals surface area (Å²) < 4.78 is 13.2. The summed E-state index contributed by atoms with van der Waals surface area (Å²) in [5.74, 6) is 0.364. The second-order valence-corrected chi connectivity index (χ2v) is 12.5. The zero-order valence-electron chi connectivity index (χ0n) is 24.5. The first-order valence-corrected chi connectivity index (χ1v) is 14.9. The minimum absolute atomic E-state index is 0.275. The van der Waals surface area contributed by atoms with Crippen molar-refractivity contribution in [2.24, 2.45) is 0 Å². The quantitative estimate of drug-likeness (QED) is 0.218. The Labute approximate surface area is 231 Å². The van der Waals surface area contributed by atoms with Crippen LogP contribution < -0.4 is 5.46 Å². The molecule has 0 saturated carbocycles. The van der Waals surface area contributed by atoms with Gasteiger partial charge in [0.25, 0.3) is 0 Å². The van der Waals surface area contributed by atoms with E-state index in [0.717, 1.165) is 31.4 Å². The molecule has 2 aliphatic heterocycles. The Balaban J connectivity index is 1.42. The molecular formula is C34H46BNO2. The Morgan fingerprint density at radius 2 is 1.66 bits per heavy atom. The summed E-state index contributed by atoms with van der Waals surface area (Å²) >= 11 is 0. The Morgan fingerprint density at radius 1 is 0.868 bits per heavy atom. The van der Waals surface area contributed by atoms with E-state index in [0.29, 0.717) is 5.92 Å². The molecule has 2 atom stereocenters. The molecule has 0 aliphatic carbocycles. The molecule has 0 aromatic heterocycles. The van der Waals surface area contributed by atoms with Crippen LogP contribution >= 0.6 is 0 Å². The minimum Gasteiger partial charge on any atom is -0.399 e. The Kier molecular flexibility index (Phi) is 8.05. The maximum absolute atomic E-state index is 6.68. The number of rotatable bonds is 9. The van der Waals surface area contributed by atoms with Crippen LogP contribution in [0.4, 0.5) is 0 Å². The van der Waals surface area contributed by atoms with E-state index in [1.165, 1.54) is 65.1 Å². The molecule has 202 valence electrons. The third kappa shape index (κ3) is 5.46. The van der Waals surface area contributed by atoms with Crippen molar-refractivity contribution in [2.75, 3.05) is 13.6 Å². The van der Waals surface area contributed by atoms with Crippen molar-refractivity contribution >= 4 is 23.4 Å². The van der Waals surface area contributed by atoms with Gasteiger partial charge in [-0.15, -0.1) is 0 Å². The number of hydrogen-bond acceptors (Lipinski definition) is 3. The van der Waals surface area contributed by atoms with Gasteiger partial charge in [-0.05, 0) is 85.6 Å². The first-order chi connectivity index (χ1) is 18.2. The van der Waals surface area contributed by atoms with Crippen LogP contribution in [-0.4, -0.2) is 36.8 Å². The van der Waals surface area contributed by atoms with Crippen LogP contribution in [0, 0.1) is 0 Å². The molecule has 2 heterocycles. The van der Waals surface area contributed by atoms with Crippen LogP contribution in [0.3, 0.4) is 0 Å². The molecule has 1 saturated heterocycles. The highest BCUT2D eigenvalue weighted by Crippen LogP contribution is 2.41. The van der Waals surface area contributed by atoms with Crippen LogP contribution in [0.25, 0.3) is 10.8 Å². The summed E-state index contributed by atoms with van der Waals surface area (Å²) in [6.07, 6.45) is 8.31. The van der Waals surface area contributed by atoms with Gasteiger partial charge in [-0.2, -0.15) is 0 Å². The molecule has 2 aliphatic rings. The predicted molar refractivity (Wildman–Crippen MR) is 161 cm³/mol. The van der Waals surface area contributed by atoms with Crippen molar-refractivity contribution in [1.82, 2.24) is 4.90 Å². The first-order valence-electron chi connectivity index (χ1n) is 14.9. The SMILES string of the molecule is CCCCCC1(C)OB(c2ccc3c(c2)CN(C)C[C@H]3c2ccc3ccc(CCCC)cc3c2)OC1(C)C. The number of aryl methyl sites for hydroxylation is 1. The van der Waals surface area contributed by atoms with E-state index in [1.807, 2.05) is 0 Å². The molecule has 0 N–H and O–H groups in total. The second-order valence-electron chi connectivity index (χ2n) is 12.5. The summed E-state index contributed by atoms with van der Waals surface area (Å²) in [7, 11) is 1.93. The highest BCUT2D eigenvalue weighted by atomic mass is 16.7. The molecule has 5 rings (SSSR count). The molecule has 4 heteroatoms. The summed E-state index contributed by atoms with van der Waals surface area (Å²) in [5, 5.41) is 2.69. The van der Waals surface area contributed by atoms with Crippen LogP contribution in [0.1, 0.15) is 101 Å². The maximum atomic E-state index is 6.68. The Bertz CT molecular complexity index is 1270. The number of benzene rings is 3. The van der Waals surface area contributed by atoms with E-state index >= 15 is 0 Å². The van der Waals surface area contributed by atoms with E-state index in [4.69, 9.17) is 9.31 Å². The van der Waals surface area contributed by atoms with Crippen molar-refractivity contribution in [2.45, 2.75) is 103 Å². The number of fused-ring (bicyclic) bond motifs is 2. The Morgan fingerprint density at radius 3 is 2.45 bits per heavy atom. The molecule has 0 radical (unpaired) electrons. The predicted octanol–water partition coefficient (Wildman–Crippen LogP) is 7.62. The molecular weight excluding hydrogens is 465 g/mol. The monoisotopic (exact) mass is 511 g/mol. The van der Waals surface area contributed by atoms with Crippen molar-refractivity contribution < 1.29 is 9.31 Å². The number of unbranched alkanes of at least 4 members (excludes halogenated alkanes) is 3. The second kappa shape index (κ2) is 11.2. The molecule has 3 aromatic rings. The highest BCUT2D eigenvalue weighted by molar-refractivity contribution is 6.62. The Hall–Kier alpha value is -2.14. The molecule has 38 heavy (non-hydrogen) atoms. The topological polar surface area (TPSA) is 21.7 Å². The summed E-state index contributed by atoms with van der Waals surface area (Å²) in [6, 6.07) is 21.0. The number of nitrogens with zero attached hydrogens (tertiary/aromatic N) is 1. The summed E-state index contributed by atoms with van der Waals surface area (Å²) in [5.41, 5.74) is 6.24. The highest BCUT2D eigenvalue weighted by Gasteiger charge is 2.54. The average Bonchev–Trinajstić information content (AvgIpc) is 3.14. The van der Waals surface area contributed by atoms with E-state index in [-0.39, 0.29) is 18.3 Å². The largest absolute Gasteiger partial charge is 0.494 e. The standard InChI is InChI=1S/C34H46BNO2/c1-7-9-11-19-34(5)33(3,4)37-35(38-34)30-17-18-31-29(22-30)23-36(6)24-32(31)27-16-15-26-14-13-25(12-10-8-2)20-28(26)21-27/h13-18,20-22,32H,7-12,19,23-24H2,1-6H3/t32-,34?/m0/s1. The van der Waals surface area contributed by atoms with Crippen LogP contribution in [0.2, 0.25) is 0 Å². The lowest BCUT2D eigenvalue weighted by Crippen LogP contribution is -2.44. The van der Waals surface area contributed by atoms with E-state index in [1.54, 1.807) is 0 Å². The van der Waals surface area contributed by atoms with Crippen molar-refractivity contribution in [3.05, 3.63) is 76.9 Å². The lowest BCUT2D eigenvalue weighted by molar-refractivity contribution is -0.0171. The van der Waals surface area contributed by atoms with E-state index in [9.17, 15) is 0 Å². The maximum Gasteiger partial charge on any atom is 0.494 e. The smallest absolute Gasteiger partial charge is 0.399 e. The molecule has 3 nitrogen and oxygen atoms in total. The lowest BCUT2D eigenvalue weighted by Gasteiger charge is -2.36. The van der Waals surface area contributed by atoms with Gasteiger partial charge >= 0.3 is 7.12 Å². The molecule has 0 bridgehead atoms. The van der Waals surface area contributed by atoms with E-state index < -0.39 is 0 Å². The van der Waals surface area contributed by atoms with Gasteiger partial charge < -0.3 is 14.2 Å². The van der Waals surface area contributed by atoms with E-state index in [2.05, 4.69) is 101 Å². The number of hydrogen-bond donors (Lipinski definition) is 0. The molecule has 1 unspecified atom stereocenters. The van der Waals surface area contributed by atoms with Gasteiger partial charge in [0.2, 0.25) is 0 Å². The minimum atomic E-state index is -0.318. The van der Waals surface area contributed by atoms with Crippen LogP contribution in [-0.2, 0) is 22.3 Å². The first kappa shape index (κ1) is 27.4. The van der Waals surface area contributed by atoms with Gasteiger partial charge in [-0.1, -0.05) is 94.1 Å². The fraction of sp³-hybridized carbons (Fsp3) is 0.529. The summed E-state index contributed by atoms with van der Waals surface area (Å²) in [4.78, 5) is 2.45. The van der Waals surface area contributed by atoms with Crippen molar-refractivity contribution in [3.63, 3.8) is 0 Å². The normalized spacial score (nSPS) is 23.2. The van der Waals surface area contributed by atoms with Crippen molar-refractivity contribution in [3.8, 4) is 0 Å². The fourth-order valence-electron chi connectivity index (χ4n) is 6.37. The third-order valence-electron chi connectivity index (χ3n) is 9.20. The van der Waals surface area contributed by atoms with Crippen molar-refractivity contribution in [1.29, 1.82) is 0 Å². The zero-order valence-corrected chi connectivity index (χ0v) is 24.5. The molecule has 0 spiro atoms. The summed E-state index contributed by atoms with van der Waals surface area (Å²) in [6.45, 7) is 13.1. The third-order valence-corrected chi connectivity index (χ3v) is 9.20. The number of likely N-dealkylation sites (N-methyl/N-ethyl adjacent to an activating group) is 1. The molecule has 1 fully saturated rings. The molecule has 3 aromatic carbocycles. The van der Waals surface area contributed by atoms with Gasteiger partial charge in [0.15, 0.2) is 0 Å².